The highest BCUT2D eigenvalue weighted by Gasteiger charge is 2.36. The van der Waals surface area contributed by atoms with Gasteiger partial charge in [0.15, 0.2) is 9.84 Å². The fourth-order valence-corrected chi connectivity index (χ4v) is 6.41. The third-order valence-corrected chi connectivity index (χ3v) is 7.29. The highest BCUT2D eigenvalue weighted by molar-refractivity contribution is 7.95. The van der Waals surface area contributed by atoms with E-state index in [0.717, 1.165) is 25.5 Å². The maximum atomic E-state index is 12.2. The van der Waals surface area contributed by atoms with Crippen molar-refractivity contribution in [2.45, 2.75) is 50.3 Å². The first kappa shape index (κ1) is 16.9. The molecule has 1 fully saturated rings. The van der Waals surface area contributed by atoms with Crippen molar-refractivity contribution in [3.63, 3.8) is 0 Å². The smallest absolute Gasteiger partial charge is 0.155 e. The van der Waals surface area contributed by atoms with E-state index in [1.165, 1.54) is 0 Å². The van der Waals surface area contributed by atoms with Crippen LogP contribution in [0.2, 0.25) is 0 Å². The van der Waals surface area contributed by atoms with E-state index in [-0.39, 0.29) is 17.5 Å². The topological polar surface area (TPSA) is 94.3 Å². The molecule has 1 aliphatic carbocycles. The molecule has 0 aromatic rings. The first-order valence-corrected chi connectivity index (χ1v) is 10.6. The summed E-state index contributed by atoms with van der Waals surface area (Å²) in [4.78, 5) is 0. The van der Waals surface area contributed by atoms with Crippen LogP contribution in [-0.4, -0.2) is 45.9 Å². The van der Waals surface area contributed by atoms with Crippen LogP contribution in [0.15, 0.2) is 0 Å². The van der Waals surface area contributed by atoms with Crippen LogP contribution >= 0.6 is 0 Å². The Labute approximate surface area is 116 Å². The predicted molar refractivity (Wildman–Crippen MR) is 77.5 cm³/mol. The van der Waals surface area contributed by atoms with Crippen LogP contribution in [-0.2, 0) is 19.7 Å². The molecule has 3 unspecified atom stereocenters. The minimum absolute atomic E-state index is 0.303. The normalized spacial score (nSPS) is 29.3. The molecular formula is C12H25NO4S2. The molecule has 7 heteroatoms. The third kappa shape index (κ3) is 5.39. The Hall–Kier alpha value is -0.140. The molecule has 3 atom stereocenters. The van der Waals surface area contributed by atoms with Crippen LogP contribution in [0.3, 0.4) is 0 Å². The van der Waals surface area contributed by atoms with Gasteiger partial charge in [0.25, 0.3) is 0 Å². The second kappa shape index (κ2) is 6.54. The van der Waals surface area contributed by atoms with E-state index in [4.69, 9.17) is 5.73 Å². The largest absolute Gasteiger partial charge is 0.327 e. The van der Waals surface area contributed by atoms with Gasteiger partial charge in [0.2, 0.25) is 0 Å². The molecule has 0 amide bonds. The lowest BCUT2D eigenvalue weighted by Crippen LogP contribution is -2.46. The van der Waals surface area contributed by atoms with Gasteiger partial charge in [-0.05, 0) is 25.2 Å². The second-order valence-electron chi connectivity index (χ2n) is 5.67. The van der Waals surface area contributed by atoms with Crippen molar-refractivity contribution in [3.05, 3.63) is 0 Å². The Kier molecular flexibility index (Phi) is 5.82. The molecule has 114 valence electrons. The maximum absolute atomic E-state index is 12.2. The van der Waals surface area contributed by atoms with Crippen molar-refractivity contribution in [2.24, 2.45) is 11.7 Å². The Morgan fingerprint density at radius 1 is 1.11 bits per heavy atom. The Morgan fingerprint density at radius 2 is 1.74 bits per heavy atom. The molecule has 0 radical (unpaired) electrons. The Bertz CT molecular complexity index is 484. The molecule has 0 heterocycles. The molecular weight excluding hydrogens is 286 g/mol. The molecule has 19 heavy (non-hydrogen) atoms. The van der Waals surface area contributed by atoms with Gasteiger partial charge in [0.05, 0.1) is 16.8 Å². The zero-order valence-corrected chi connectivity index (χ0v) is 13.3. The van der Waals surface area contributed by atoms with Crippen LogP contribution < -0.4 is 5.73 Å². The lowest BCUT2D eigenvalue weighted by molar-refractivity contribution is 0.309. The molecule has 2 N–H and O–H groups in total. The minimum atomic E-state index is -3.42. The summed E-state index contributed by atoms with van der Waals surface area (Å²) in [5, 5.41) is -0.570. The minimum Gasteiger partial charge on any atom is -0.327 e. The molecule has 0 spiro atoms. The van der Waals surface area contributed by atoms with E-state index >= 15 is 0 Å². The summed E-state index contributed by atoms with van der Waals surface area (Å²) in [6.07, 6.45) is 5.39. The standard InChI is InChI=1S/C12H25NO4S2/c1-3-4-10-5-6-11(13)12(9-10)19(16,17)8-7-18(2,14)15/h10-12H,3-9,13H2,1-2H3. The van der Waals surface area contributed by atoms with Crippen molar-refractivity contribution in [2.75, 3.05) is 17.8 Å². The maximum Gasteiger partial charge on any atom is 0.155 e. The van der Waals surface area contributed by atoms with Crippen LogP contribution in [0.5, 0.6) is 0 Å². The summed E-state index contributed by atoms with van der Waals surface area (Å²) in [5.41, 5.74) is 5.93. The van der Waals surface area contributed by atoms with Gasteiger partial charge in [0.1, 0.15) is 9.84 Å². The molecule has 0 aromatic carbocycles. The lowest BCUT2D eigenvalue weighted by Gasteiger charge is -2.33. The van der Waals surface area contributed by atoms with Gasteiger partial charge < -0.3 is 5.73 Å². The van der Waals surface area contributed by atoms with Gasteiger partial charge in [-0.2, -0.15) is 0 Å². The van der Waals surface area contributed by atoms with Gasteiger partial charge in [-0.15, -0.1) is 0 Å². The van der Waals surface area contributed by atoms with Crippen LogP contribution in [0.25, 0.3) is 0 Å². The molecule has 0 saturated heterocycles. The molecule has 1 aliphatic rings. The summed E-state index contributed by atoms with van der Waals surface area (Å²) >= 11 is 0. The monoisotopic (exact) mass is 311 g/mol. The average molecular weight is 311 g/mol. The van der Waals surface area contributed by atoms with Gasteiger partial charge in [-0.25, -0.2) is 16.8 Å². The molecule has 5 nitrogen and oxygen atoms in total. The second-order valence-corrected chi connectivity index (χ2v) is 10.3. The van der Waals surface area contributed by atoms with Gasteiger partial charge in [-0.3, -0.25) is 0 Å². The summed E-state index contributed by atoms with van der Waals surface area (Å²) in [6, 6.07) is -0.349. The SMILES string of the molecule is CCCC1CCC(N)C(S(=O)(=O)CCS(C)(=O)=O)C1. The predicted octanol–water partition coefficient (Wildman–Crippen LogP) is 0.742. The van der Waals surface area contributed by atoms with E-state index in [2.05, 4.69) is 6.92 Å². The lowest BCUT2D eigenvalue weighted by atomic mass is 9.83. The number of hydrogen-bond acceptors (Lipinski definition) is 5. The van der Waals surface area contributed by atoms with Crippen molar-refractivity contribution < 1.29 is 16.8 Å². The van der Waals surface area contributed by atoms with Crippen molar-refractivity contribution in [1.82, 2.24) is 0 Å². The average Bonchev–Trinajstić information content (AvgIpc) is 2.29. The van der Waals surface area contributed by atoms with Crippen molar-refractivity contribution in [3.8, 4) is 0 Å². The highest BCUT2D eigenvalue weighted by Crippen LogP contribution is 2.31. The molecule has 0 bridgehead atoms. The summed E-state index contributed by atoms with van der Waals surface area (Å²) in [5.74, 6) is -0.206. The number of rotatable bonds is 6. The first-order chi connectivity index (χ1) is 8.65. The van der Waals surface area contributed by atoms with E-state index in [1.54, 1.807) is 0 Å². The van der Waals surface area contributed by atoms with E-state index in [0.29, 0.717) is 18.8 Å². The van der Waals surface area contributed by atoms with E-state index < -0.39 is 24.9 Å². The fraction of sp³-hybridized carbons (Fsp3) is 1.00. The van der Waals surface area contributed by atoms with E-state index in [1.807, 2.05) is 0 Å². The summed E-state index contributed by atoms with van der Waals surface area (Å²) in [6.45, 7) is 2.09. The summed E-state index contributed by atoms with van der Waals surface area (Å²) in [7, 11) is -6.68. The molecule has 1 rings (SSSR count). The molecule has 0 aromatic heterocycles. The van der Waals surface area contributed by atoms with Gasteiger partial charge >= 0.3 is 0 Å². The zero-order valence-electron chi connectivity index (χ0n) is 11.7. The molecule has 0 aliphatic heterocycles. The van der Waals surface area contributed by atoms with Crippen LogP contribution in [0.4, 0.5) is 0 Å². The van der Waals surface area contributed by atoms with Gasteiger partial charge in [0, 0.05) is 12.3 Å². The van der Waals surface area contributed by atoms with Crippen molar-refractivity contribution >= 4 is 19.7 Å². The Balaban J connectivity index is 2.74. The van der Waals surface area contributed by atoms with Crippen LogP contribution in [0.1, 0.15) is 39.0 Å². The fourth-order valence-electron chi connectivity index (χ4n) is 2.74. The quantitative estimate of drug-likeness (QED) is 0.781. The number of hydrogen-bond donors (Lipinski definition) is 1. The number of nitrogens with two attached hydrogens (primary N) is 1. The highest BCUT2D eigenvalue weighted by atomic mass is 32.2. The van der Waals surface area contributed by atoms with E-state index in [9.17, 15) is 16.8 Å². The van der Waals surface area contributed by atoms with Crippen molar-refractivity contribution in [1.29, 1.82) is 0 Å². The van der Waals surface area contributed by atoms with Crippen LogP contribution in [0, 0.1) is 5.92 Å². The first-order valence-electron chi connectivity index (χ1n) is 6.80. The van der Waals surface area contributed by atoms with Gasteiger partial charge in [-0.1, -0.05) is 19.8 Å². The summed E-state index contributed by atoms with van der Waals surface area (Å²) < 4.78 is 46.7. The third-order valence-electron chi connectivity index (χ3n) is 3.85. The Morgan fingerprint density at radius 3 is 2.26 bits per heavy atom. The molecule has 1 saturated carbocycles. The number of sulfone groups is 2. The zero-order chi connectivity index (χ0) is 14.7.